The number of nitrogens with one attached hydrogen (secondary N) is 4. The molecule has 182 valence electrons. The van der Waals surface area contributed by atoms with Crippen LogP contribution in [0.15, 0.2) is 54.7 Å². The van der Waals surface area contributed by atoms with E-state index < -0.39 is 5.82 Å². The number of halogens is 1. The van der Waals surface area contributed by atoms with Gasteiger partial charge in [-0.3, -0.25) is 9.59 Å². The Balaban J connectivity index is 1.55. The number of piperazine rings is 1. The van der Waals surface area contributed by atoms with Crippen LogP contribution in [0.1, 0.15) is 31.1 Å². The average Bonchev–Trinajstić information content (AvgIpc) is 2.83. The molecular formula is C25H28FN7O2. The Morgan fingerprint density at radius 2 is 1.97 bits per heavy atom. The first kappa shape index (κ1) is 24.1. The van der Waals surface area contributed by atoms with Gasteiger partial charge in [0.15, 0.2) is 11.6 Å². The minimum atomic E-state index is -0.663. The molecule has 0 unspecified atom stereocenters. The van der Waals surface area contributed by atoms with Crippen LogP contribution < -0.4 is 26.2 Å². The van der Waals surface area contributed by atoms with Crippen molar-refractivity contribution < 1.29 is 14.0 Å². The lowest BCUT2D eigenvalue weighted by atomic mass is 10.1. The molecule has 0 aliphatic carbocycles. The van der Waals surface area contributed by atoms with Gasteiger partial charge in [-0.25, -0.2) is 9.37 Å². The van der Waals surface area contributed by atoms with E-state index in [9.17, 15) is 14.0 Å². The van der Waals surface area contributed by atoms with Gasteiger partial charge in [-0.2, -0.15) is 4.98 Å². The van der Waals surface area contributed by atoms with Crippen LogP contribution in [0.4, 0.5) is 33.2 Å². The maximum atomic E-state index is 14.6. The molecule has 3 aromatic rings. The van der Waals surface area contributed by atoms with Crippen LogP contribution in [0.25, 0.3) is 0 Å². The highest BCUT2D eigenvalue weighted by atomic mass is 19.1. The summed E-state index contributed by atoms with van der Waals surface area (Å²) < 4.78 is 14.6. The van der Waals surface area contributed by atoms with Crippen LogP contribution in [-0.4, -0.2) is 47.0 Å². The number of para-hydroxylation sites is 1. The third-order valence-corrected chi connectivity index (χ3v) is 5.36. The Morgan fingerprint density at radius 3 is 2.77 bits per heavy atom. The number of benzene rings is 2. The zero-order valence-corrected chi connectivity index (χ0v) is 19.8. The van der Waals surface area contributed by atoms with Crippen molar-refractivity contribution in [3.05, 3.63) is 66.1 Å². The molecule has 4 N–H and O–H groups in total. The van der Waals surface area contributed by atoms with Crippen LogP contribution >= 0.6 is 0 Å². The molecule has 4 rings (SSSR count). The first-order valence-electron chi connectivity index (χ1n) is 11.4. The molecule has 1 saturated heterocycles. The highest BCUT2D eigenvalue weighted by Gasteiger charge is 2.24. The summed E-state index contributed by atoms with van der Waals surface area (Å²) >= 11 is 0. The third kappa shape index (κ3) is 5.90. The van der Waals surface area contributed by atoms with Gasteiger partial charge in [0.05, 0.1) is 24.0 Å². The standard InChI is InChI=1S/C25H28FN7O2/c1-15(2)29-24(35)19-9-4-5-10-21(19)31-23-20(26)12-28-25(32-23)30-17-7-6-8-18(11-17)33-14-16(3)27-13-22(33)34/h4-12,15-16,27H,13-14H2,1-3H3,(H,29,35)(H2,28,30,31,32)/t16-/m1/s1. The Bertz CT molecular complexity index is 1230. The van der Waals surface area contributed by atoms with Gasteiger partial charge in [0, 0.05) is 30.0 Å². The van der Waals surface area contributed by atoms with Crippen LogP contribution in [0.3, 0.4) is 0 Å². The fourth-order valence-corrected chi connectivity index (χ4v) is 3.70. The Kier molecular flexibility index (Phi) is 7.21. The summed E-state index contributed by atoms with van der Waals surface area (Å²) in [5.41, 5.74) is 2.19. The van der Waals surface area contributed by atoms with E-state index in [1.165, 1.54) is 0 Å². The van der Waals surface area contributed by atoms with E-state index in [0.717, 1.165) is 11.9 Å². The summed E-state index contributed by atoms with van der Waals surface area (Å²) in [4.78, 5) is 34.9. The molecule has 9 nitrogen and oxygen atoms in total. The normalized spacial score (nSPS) is 15.7. The van der Waals surface area contributed by atoms with Crippen molar-refractivity contribution in [1.82, 2.24) is 20.6 Å². The highest BCUT2D eigenvalue weighted by Crippen LogP contribution is 2.25. The number of hydrogen-bond donors (Lipinski definition) is 4. The maximum Gasteiger partial charge on any atom is 0.253 e. The van der Waals surface area contributed by atoms with Crippen molar-refractivity contribution in [1.29, 1.82) is 0 Å². The fourth-order valence-electron chi connectivity index (χ4n) is 3.70. The first-order valence-corrected chi connectivity index (χ1v) is 11.4. The van der Waals surface area contributed by atoms with Gasteiger partial charge in [0.1, 0.15) is 0 Å². The molecule has 0 radical (unpaired) electrons. The zero-order valence-electron chi connectivity index (χ0n) is 19.8. The van der Waals surface area contributed by atoms with Gasteiger partial charge >= 0.3 is 0 Å². The Morgan fingerprint density at radius 1 is 1.17 bits per heavy atom. The number of anilines is 5. The van der Waals surface area contributed by atoms with E-state index >= 15 is 0 Å². The number of hydrogen-bond acceptors (Lipinski definition) is 7. The molecule has 2 aromatic carbocycles. The summed E-state index contributed by atoms with van der Waals surface area (Å²) in [6.45, 7) is 6.60. The van der Waals surface area contributed by atoms with Crippen LogP contribution in [0.2, 0.25) is 0 Å². The summed E-state index contributed by atoms with van der Waals surface area (Å²) in [6, 6.07) is 14.3. The molecule has 0 bridgehead atoms. The summed E-state index contributed by atoms with van der Waals surface area (Å²) in [7, 11) is 0. The van der Waals surface area contributed by atoms with Crippen molar-refractivity contribution in [3.63, 3.8) is 0 Å². The Hall–Kier alpha value is -4.05. The largest absolute Gasteiger partial charge is 0.350 e. The van der Waals surface area contributed by atoms with Crippen molar-refractivity contribution in [2.75, 3.05) is 28.6 Å². The molecule has 1 aliphatic heterocycles. The minimum absolute atomic E-state index is 0.00932. The van der Waals surface area contributed by atoms with Crippen LogP contribution in [0.5, 0.6) is 0 Å². The van der Waals surface area contributed by atoms with E-state index in [2.05, 4.69) is 31.2 Å². The number of carbonyl (C=O) groups is 2. The van der Waals surface area contributed by atoms with Gasteiger partial charge in [0.25, 0.3) is 5.91 Å². The lowest BCUT2D eigenvalue weighted by molar-refractivity contribution is -0.118. The van der Waals surface area contributed by atoms with Crippen molar-refractivity contribution in [3.8, 4) is 0 Å². The van der Waals surface area contributed by atoms with E-state index in [4.69, 9.17) is 0 Å². The second kappa shape index (κ2) is 10.5. The van der Waals surface area contributed by atoms with Gasteiger partial charge in [-0.1, -0.05) is 18.2 Å². The Labute approximate surface area is 203 Å². The number of aromatic nitrogens is 2. The maximum absolute atomic E-state index is 14.6. The smallest absolute Gasteiger partial charge is 0.253 e. The van der Waals surface area contributed by atoms with Crippen molar-refractivity contribution in [2.45, 2.75) is 32.9 Å². The van der Waals surface area contributed by atoms with Crippen molar-refractivity contribution >= 4 is 40.6 Å². The van der Waals surface area contributed by atoms with Crippen LogP contribution in [0, 0.1) is 5.82 Å². The molecule has 2 amide bonds. The molecule has 1 aliphatic rings. The van der Waals surface area contributed by atoms with E-state index in [-0.39, 0.29) is 42.2 Å². The zero-order chi connectivity index (χ0) is 24.9. The summed E-state index contributed by atoms with van der Waals surface area (Å²) in [5, 5.41) is 11.9. The topological polar surface area (TPSA) is 111 Å². The molecular weight excluding hydrogens is 449 g/mol. The molecule has 0 saturated carbocycles. The van der Waals surface area contributed by atoms with Crippen molar-refractivity contribution in [2.24, 2.45) is 0 Å². The molecule has 0 spiro atoms. The predicted molar refractivity (Wildman–Crippen MR) is 134 cm³/mol. The third-order valence-electron chi connectivity index (χ3n) is 5.36. The first-order chi connectivity index (χ1) is 16.8. The number of carbonyl (C=O) groups excluding carboxylic acids is 2. The summed E-state index contributed by atoms with van der Waals surface area (Å²) in [6.07, 6.45) is 1.06. The SMILES string of the molecule is CC(C)NC(=O)c1ccccc1Nc1nc(Nc2cccc(N3C[C@@H](C)NCC3=O)c2)ncc1F. The number of rotatable bonds is 7. The molecule has 10 heteroatoms. The molecule has 2 heterocycles. The molecule has 1 fully saturated rings. The average molecular weight is 478 g/mol. The quantitative estimate of drug-likeness (QED) is 0.412. The second-order valence-electron chi connectivity index (χ2n) is 8.65. The minimum Gasteiger partial charge on any atom is -0.350 e. The van der Waals surface area contributed by atoms with E-state index in [0.29, 0.717) is 23.5 Å². The fraction of sp³-hybridized carbons (Fsp3) is 0.280. The van der Waals surface area contributed by atoms with Gasteiger partial charge < -0.3 is 26.2 Å². The monoisotopic (exact) mass is 477 g/mol. The molecule has 1 atom stereocenters. The van der Waals surface area contributed by atoms with Gasteiger partial charge in [0.2, 0.25) is 11.9 Å². The second-order valence-corrected chi connectivity index (χ2v) is 8.65. The summed E-state index contributed by atoms with van der Waals surface area (Å²) in [5.74, 6) is -0.858. The number of nitrogens with zero attached hydrogens (tertiary/aromatic N) is 3. The lowest BCUT2D eigenvalue weighted by Crippen LogP contribution is -2.53. The lowest BCUT2D eigenvalue weighted by Gasteiger charge is -2.32. The predicted octanol–water partition coefficient (Wildman–Crippen LogP) is 3.57. The highest BCUT2D eigenvalue weighted by molar-refractivity contribution is 6.00. The molecule has 1 aromatic heterocycles. The van der Waals surface area contributed by atoms with E-state index in [1.54, 1.807) is 29.2 Å². The molecule has 35 heavy (non-hydrogen) atoms. The van der Waals surface area contributed by atoms with Gasteiger partial charge in [-0.05, 0) is 51.1 Å². The van der Waals surface area contributed by atoms with Gasteiger partial charge in [-0.15, -0.1) is 0 Å². The van der Waals surface area contributed by atoms with Crippen LogP contribution in [-0.2, 0) is 4.79 Å². The number of amides is 2. The van der Waals surface area contributed by atoms with E-state index in [1.807, 2.05) is 45.0 Å².